The Morgan fingerprint density at radius 2 is 1.90 bits per heavy atom. The SMILES string of the molecule is CCC(C)NC(=NCc1ccc([N+](=O)[O-])cc1)N1CCN(CC(=O)NC2CC2)CC1. The molecular weight excluding hydrogens is 384 g/mol. The van der Waals surface area contributed by atoms with Crippen LogP contribution in [0.4, 0.5) is 5.69 Å². The summed E-state index contributed by atoms with van der Waals surface area (Å²) < 4.78 is 0. The zero-order valence-corrected chi connectivity index (χ0v) is 17.8. The van der Waals surface area contributed by atoms with E-state index in [1.165, 1.54) is 12.1 Å². The molecule has 9 heteroatoms. The molecule has 9 nitrogen and oxygen atoms in total. The number of guanidine groups is 1. The lowest BCUT2D eigenvalue weighted by Gasteiger charge is -2.37. The maximum absolute atomic E-state index is 12.0. The summed E-state index contributed by atoms with van der Waals surface area (Å²) in [4.78, 5) is 31.7. The van der Waals surface area contributed by atoms with Crippen molar-refractivity contribution in [3.63, 3.8) is 0 Å². The summed E-state index contributed by atoms with van der Waals surface area (Å²) in [5, 5.41) is 17.4. The number of benzene rings is 1. The van der Waals surface area contributed by atoms with E-state index in [2.05, 4.69) is 34.3 Å². The first-order valence-electron chi connectivity index (χ1n) is 10.8. The van der Waals surface area contributed by atoms with Crippen LogP contribution in [0.15, 0.2) is 29.3 Å². The van der Waals surface area contributed by atoms with Gasteiger partial charge in [-0.05, 0) is 31.7 Å². The van der Waals surface area contributed by atoms with Crippen molar-refractivity contribution >= 4 is 17.6 Å². The van der Waals surface area contributed by atoms with Gasteiger partial charge in [-0.25, -0.2) is 4.99 Å². The van der Waals surface area contributed by atoms with Gasteiger partial charge in [-0.15, -0.1) is 0 Å². The van der Waals surface area contributed by atoms with Gasteiger partial charge in [0.15, 0.2) is 5.96 Å². The molecule has 2 fully saturated rings. The Balaban J connectivity index is 1.56. The number of hydrogen-bond acceptors (Lipinski definition) is 5. The largest absolute Gasteiger partial charge is 0.354 e. The van der Waals surface area contributed by atoms with E-state index in [1.54, 1.807) is 12.1 Å². The van der Waals surface area contributed by atoms with E-state index in [0.29, 0.717) is 25.2 Å². The highest BCUT2D eigenvalue weighted by atomic mass is 16.6. The van der Waals surface area contributed by atoms with Crippen LogP contribution in [0.5, 0.6) is 0 Å². The van der Waals surface area contributed by atoms with Gasteiger partial charge in [0.1, 0.15) is 0 Å². The van der Waals surface area contributed by atoms with Gasteiger partial charge in [-0.3, -0.25) is 19.8 Å². The summed E-state index contributed by atoms with van der Waals surface area (Å²) in [6, 6.07) is 7.22. The van der Waals surface area contributed by atoms with Crippen LogP contribution < -0.4 is 10.6 Å². The first-order valence-corrected chi connectivity index (χ1v) is 10.8. The maximum atomic E-state index is 12.0. The molecule has 1 atom stereocenters. The predicted octanol–water partition coefficient (Wildman–Crippen LogP) is 1.74. The number of hydrogen-bond donors (Lipinski definition) is 2. The number of nitro groups is 1. The van der Waals surface area contributed by atoms with Crippen molar-refractivity contribution in [1.29, 1.82) is 0 Å². The number of carbonyl (C=O) groups is 1. The van der Waals surface area contributed by atoms with Gasteiger partial charge >= 0.3 is 0 Å². The number of aliphatic imine (C=N–C) groups is 1. The molecule has 0 bridgehead atoms. The van der Waals surface area contributed by atoms with E-state index in [1.807, 2.05) is 0 Å². The Morgan fingerprint density at radius 3 is 2.47 bits per heavy atom. The molecule has 1 aromatic rings. The van der Waals surface area contributed by atoms with Gasteiger partial charge in [0, 0.05) is 50.4 Å². The van der Waals surface area contributed by atoms with Gasteiger partial charge in [-0.1, -0.05) is 19.1 Å². The lowest BCUT2D eigenvalue weighted by atomic mass is 10.2. The lowest BCUT2D eigenvalue weighted by molar-refractivity contribution is -0.384. The van der Waals surface area contributed by atoms with Crippen molar-refractivity contribution < 1.29 is 9.72 Å². The van der Waals surface area contributed by atoms with Crippen LogP contribution >= 0.6 is 0 Å². The van der Waals surface area contributed by atoms with Crippen LogP contribution in [0.25, 0.3) is 0 Å². The first kappa shape index (κ1) is 22.0. The molecule has 0 spiro atoms. The number of piperazine rings is 1. The highest BCUT2D eigenvalue weighted by molar-refractivity contribution is 5.81. The molecule has 1 unspecified atom stereocenters. The monoisotopic (exact) mass is 416 g/mol. The van der Waals surface area contributed by atoms with E-state index in [9.17, 15) is 14.9 Å². The second-order valence-corrected chi connectivity index (χ2v) is 8.12. The molecule has 30 heavy (non-hydrogen) atoms. The quantitative estimate of drug-likeness (QED) is 0.290. The van der Waals surface area contributed by atoms with E-state index in [0.717, 1.165) is 57.0 Å². The number of rotatable bonds is 8. The molecule has 0 aromatic heterocycles. The molecule has 164 valence electrons. The Morgan fingerprint density at radius 1 is 1.23 bits per heavy atom. The van der Waals surface area contributed by atoms with Crippen molar-refractivity contribution in [2.75, 3.05) is 32.7 Å². The Labute approximate surface area is 177 Å². The number of nitrogens with zero attached hydrogens (tertiary/aromatic N) is 4. The van der Waals surface area contributed by atoms with Gasteiger partial charge < -0.3 is 15.5 Å². The summed E-state index contributed by atoms with van der Waals surface area (Å²) in [5.74, 6) is 0.973. The molecular formula is C21H32N6O3. The highest BCUT2D eigenvalue weighted by Crippen LogP contribution is 2.18. The molecule has 1 aliphatic heterocycles. The summed E-state index contributed by atoms with van der Waals surface area (Å²) in [5.41, 5.74) is 1.02. The molecule has 2 aliphatic rings. The normalized spacial score (nSPS) is 18.7. The highest BCUT2D eigenvalue weighted by Gasteiger charge is 2.26. The van der Waals surface area contributed by atoms with Crippen molar-refractivity contribution in [3.05, 3.63) is 39.9 Å². The summed E-state index contributed by atoms with van der Waals surface area (Å²) in [7, 11) is 0. The number of nitrogens with one attached hydrogen (secondary N) is 2. The van der Waals surface area contributed by atoms with Crippen molar-refractivity contribution in [1.82, 2.24) is 20.4 Å². The fourth-order valence-corrected chi connectivity index (χ4v) is 3.27. The number of carbonyl (C=O) groups excluding carboxylic acids is 1. The topological polar surface area (TPSA) is 103 Å². The first-order chi connectivity index (χ1) is 14.4. The van der Waals surface area contributed by atoms with Crippen LogP contribution in [0.3, 0.4) is 0 Å². The van der Waals surface area contributed by atoms with Gasteiger partial charge in [0.25, 0.3) is 5.69 Å². The number of amides is 1. The molecule has 1 aliphatic carbocycles. The smallest absolute Gasteiger partial charge is 0.269 e. The fraction of sp³-hybridized carbons (Fsp3) is 0.619. The molecule has 1 saturated heterocycles. The zero-order chi connectivity index (χ0) is 21.5. The van der Waals surface area contributed by atoms with Crippen LogP contribution in [0, 0.1) is 10.1 Å². The predicted molar refractivity (Wildman–Crippen MR) is 116 cm³/mol. The van der Waals surface area contributed by atoms with E-state index < -0.39 is 4.92 Å². The van der Waals surface area contributed by atoms with Crippen LogP contribution in [-0.4, -0.2) is 71.4 Å². The standard InChI is InChI=1S/C21H32N6O3/c1-3-16(2)23-21(22-14-17-4-8-19(9-5-17)27(29)30)26-12-10-25(11-13-26)15-20(28)24-18-6-7-18/h4-5,8-9,16,18H,3,6-7,10-15H2,1-2H3,(H,22,23)(H,24,28). The molecule has 3 rings (SSSR count). The van der Waals surface area contributed by atoms with Crippen molar-refractivity contribution in [2.24, 2.45) is 4.99 Å². The third-order valence-electron chi connectivity index (χ3n) is 5.53. The van der Waals surface area contributed by atoms with E-state index in [-0.39, 0.29) is 11.6 Å². The second kappa shape index (κ2) is 10.4. The summed E-state index contributed by atoms with van der Waals surface area (Å²) in [6.45, 7) is 8.41. The lowest BCUT2D eigenvalue weighted by Crippen LogP contribution is -2.55. The Hall–Kier alpha value is -2.68. The minimum absolute atomic E-state index is 0.0857. The molecule has 1 amide bonds. The van der Waals surface area contributed by atoms with Crippen LogP contribution in [0.1, 0.15) is 38.7 Å². The molecule has 1 aromatic carbocycles. The molecule has 0 radical (unpaired) electrons. The second-order valence-electron chi connectivity index (χ2n) is 8.12. The third-order valence-corrected chi connectivity index (χ3v) is 5.53. The van der Waals surface area contributed by atoms with Crippen LogP contribution in [-0.2, 0) is 11.3 Å². The number of nitro benzene ring substituents is 1. The minimum atomic E-state index is -0.395. The van der Waals surface area contributed by atoms with Gasteiger partial charge in [-0.2, -0.15) is 0 Å². The minimum Gasteiger partial charge on any atom is -0.354 e. The Bertz CT molecular complexity index is 755. The number of non-ortho nitro benzene ring substituents is 1. The van der Waals surface area contributed by atoms with Gasteiger partial charge in [0.2, 0.25) is 5.91 Å². The van der Waals surface area contributed by atoms with Gasteiger partial charge in [0.05, 0.1) is 18.0 Å². The average Bonchev–Trinajstić information content (AvgIpc) is 3.55. The molecule has 1 saturated carbocycles. The molecule has 1 heterocycles. The van der Waals surface area contributed by atoms with E-state index in [4.69, 9.17) is 4.99 Å². The summed E-state index contributed by atoms with van der Waals surface area (Å²) >= 11 is 0. The fourth-order valence-electron chi connectivity index (χ4n) is 3.27. The zero-order valence-electron chi connectivity index (χ0n) is 17.8. The van der Waals surface area contributed by atoms with Crippen molar-refractivity contribution in [2.45, 2.75) is 51.7 Å². The maximum Gasteiger partial charge on any atom is 0.269 e. The average molecular weight is 417 g/mol. The Kier molecular flexibility index (Phi) is 7.62. The van der Waals surface area contributed by atoms with Crippen LogP contribution in [0.2, 0.25) is 0 Å². The third kappa shape index (κ3) is 6.69. The van der Waals surface area contributed by atoms with E-state index >= 15 is 0 Å². The summed E-state index contributed by atoms with van der Waals surface area (Å²) in [6.07, 6.45) is 3.20. The molecule has 2 N–H and O–H groups in total. The van der Waals surface area contributed by atoms with Crippen molar-refractivity contribution in [3.8, 4) is 0 Å².